The Morgan fingerprint density at radius 2 is 2.11 bits per heavy atom. The van der Waals surface area contributed by atoms with E-state index in [1.807, 2.05) is 24.3 Å². The summed E-state index contributed by atoms with van der Waals surface area (Å²) < 4.78 is 11.0. The maximum absolute atomic E-state index is 5.89. The minimum absolute atomic E-state index is 0.180. The summed E-state index contributed by atoms with van der Waals surface area (Å²) in [5.41, 5.74) is 1.14. The van der Waals surface area contributed by atoms with Gasteiger partial charge in [-0.15, -0.1) is 0 Å². The smallest absolute Gasteiger partial charge is 0.120 e. The van der Waals surface area contributed by atoms with Crippen molar-refractivity contribution in [1.82, 2.24) is 5.32 Å². The lowest BCUT2D eigenvalue weighted by Gasteiger charge is -2.16. The van der Waals surface area contributed by atoms with Crippen LogP contribution in [0.3, 0.4) is 0 Å². The van der Waals surface area contributed by atoms with Crippen LogP contribution in [0.25, 0.3) is 0 Å². The molecule has 0 radical (unpaired) electrons. The molecular weight excluding hydrogens is 238 g/mol. The highest BCUT2D eigenvalue weighted by Gasteiger charge is 2.04. The molecule has 0 fully saturated rings. The fourth-order valence-corrected chi connectivity index (χ4v) is 1.95. The molecule has 1 rings (SSSR count). The Kier molecular flexibility index (Phi) is 8.26. The van der Waals surface area contributed by atoms with Crippen molar-refractivity contribution in [2.75, 3.05) is 20.2 Å². The minimum atomic E-state index is 0.180. The molecule has 0 aliphatic carbocycles. The van der Waals surface area contributed by atoms with Crippen molar-refractivity contribution in [2.45, 2.75) is 45.8 Å². The predicted octanol–water partition coefficient (Wildman–Crippen LogP) is 3.38. The first-order chi connectivity index (χ1) is 9.26. The van der Waals surface area contributed by atoms with Crippen LogP contribution in [0.2, 0.25) is 0 Å². The summed E-state index contributed by atoms with van der Waals surface area (Å²) in [6.07, 6.45) is 3.98. The molecule has 0 saturated heterocycles. The van der Waals surface area contributed by atoms with E-state index in [1.165, 1.54) is 19.3 Å². The normalized spacial score (nSPS) is 12.4. The number of rotatable bonds is 10. The highest BCUT2D eigenvalue weighted by molar-refractivity contribution is 5.28. The largest absolute Gasteiger partial charge is 0.489 e. The van der Waals surface area contributed by atoms with Gasteiger partial charge in [0.1, 0.15) is 11.9 Å². The Hall–Kier alpha value is -1.06. The van der Waals surface area contributed by atoms with Crippen LogP contribution in [0.15, 0.2) is 24.3 Å². The SMILES string of the molecule is CCCCCNCC(C)Oc1cccc(COC)c1. The molecule has 0 amide bonds. The third-order valence-corrected chi connectivity index (χ3v) is 2.94. The maximum Gasteiger partial charge on any atom is 0.120 e. The van der Waals surface area contributed by atoms with E-state index >= 15 is 0 Å². The standard InChI is InChI=1S/C16H27NO2/c1-4-5-6-10-17-12-14(2)19-16-9-7-8-15(11-16)13-18-3/h7-9,11,14,17H,4-6,10,12-13H2,1-3H3. The number of methoxy groups -OCH3 is 1. The van der Waals surface area contributed by atoms with Crippen LogP contribution in [0.4, 0.5) is 0 Å². The van der Waals surface area contributed by atoms with Crippen molar-refractivity contribution in [1.29, 1.82) is 0 Å². The first-order valence-corrected chi connectivity index (χ1v) is 7.21. The lowest BCUT2D eigenvalue weighted by atomic mass is 10.2. The summed E-state index contributed by atoms with van der Waals surface area (Å²) in [7, 11) is 1.70. The lowest BCUT2D eigenvalue weighted by Crippen LogP contribution is -2.29. The van der Waals surface area contributed by atoms with E-state index in [4.69, 9.17) is 9.47 Å². The highest BCUT2D eigenvalue weighted by atomic mass is 16.5. The molecule has 3 nitrogen and oxygen atoms in total. The molecule has 0 heterocycles. The van der Waals surface area contributed by atoms with E-state index in [1.54, 1.807) is 7.11 Å². The lowest BCUT2D eigenvalue weighted by molar-refractivity contribution is 0.183. The Labute approximate surface area is 117 Å². The van der Waals surface area contributed by atoms with Gasteiger partial charge in [-0.2, -0.15) is 0 Å². The van der Waals surface area contributed by atoms with Crippen molar-refractivity contribution >= 4 is 0 Å². The molecule has 1 N–H and O–H groups in total. The van der Waals surface area contributed by atoms with Crippen molar-refractivity contribution in [3.05, 3.63) is 29.8 Å². The van der Waals surface area contributed by atoms with Crippen LogP contribution in [-0.4, -0.2) is 26.3 Å². The number of ether oxygens (including phenoxy) is 2. The molecule has 1 aromatic rings. The van der Waals surface area contributed by atoms with Crippen LogP contribution in [-0.2, 0) is 11.3 Å². The van der Waals surface area contributed by atoms with Gasteiger partial charge in [0.25, 0.3) is 0 Å². The average molecular weight is 265 g/mol. The Balaban J connectivity index is 2.27. The van der Waals surface area contributed by atoms with E-state index in [9.17, 15) is 0 Å². The van der Waals surface area contributed by atoms with E-state index < -0.39 is 0 Å². The van der Waals surface area contributed by atoms with Gasteiger partial charge < -0.3 is 14.8 Å². The predicted molar refractivity (Wildman–Crippen MR) is 79.6 cm³/mol. The second kappa shape index (κ2) is 9.82. The fraction of sp³-hybridized carbons (Fsp3) is 0.625. The second-order valence-electron chi connectivity index (χ2n) is 4.92. The van der Waals surface area contributed by atoms with Crippen LogP contribution in [0.5, 0.6) is 5.75 Å². The zero-order valence-corrected chi connectivity index (χ0v) is 12.4. The molecule has 0 aliphatic heterocycles. The number of nitrogens with one attached hydrogen (secondary N) is 1. The van der Waals surface area contributed by atoms with E-state index in [0.29, 0.717) is 6.61 Å². The van der Waals surface area contributed by atoms with Crippen molar-refractivity contribution in [3.63, 3.8) is 0 Å². The molecule has 108 valence electrons. The summed E-state index contributed by atoms with van der Waals surface area (Å²) in [4.78, 5) is 0. The summed E-state index contributed by atoms with van der Waals surface area (Å²) in [6.45, 7) is 6.90. The number of benzene rings is 1. The van der Waals surface area contributed by atoms with Gasteiger partial charge in [-0.3, -0.25) is 0 Å². The van der Waals surface area contributed by atoms with Crippen molar-refractivity contribution < 1.29 is 9.47 Å². The zero-order chi connectivity index (χ0) is 13.9. The molecule has 0 spiro atoms. The van der Waals surface area contributed by atoms with E-state index in [2.05, 4.69) is 19.2 Å². The fourth-order valence-electron chi connectivity index (χ4n) is 1.95. The van der Waals surface area contributed by atoms with Crippen LogP contribution in [0.1, 0.15) is 38.7 Å². The van der Waals surface area contributed by atoms with Crippen LogP contribution < -0.4 is 10.1 Å². The Morgan fingerprint density at radius 1 is 1.26 bits per heavy atom. The average Bonchev–Trinajstić information content (AvgIpc) is 2.39. The first-order valence-electron chi connectivity index (χ1n) is 7.21. The minimum Gasteiger partial charge on any atom is -0.489 e. The van der Waals surface area contributed by atoms with Gasteiger partial charge in [-0.1, -0.05) is 31.9 Å². The topological polar surface area (TPSA) is 30.5 Å². The monoisotopic (exact) mass is 265 g/mol. The molecule has 0 saturated carbocycles. The first kappa shape index (κ1) is 16.0. The van der Waals surface area contributed by atoms with Gasteiger partial charge in [0.05, 0.1) is 6.61 Å². The zero-order valence-electron chi connectivity index (χ0n) is 12.4. The Bertz CT molecular complexity index is 341. The quantitative estimate of drug-likeness (QED) is 0.658. The molecule has 3 heteroatoms. The summed E-state index contributed by atoms with van der Waals surface area (Å²) in [5, 5.41) is 3.43. The summed E-state index contributed by atoms with van der Waals surface area (Å²) >= 11 is 0. The van der Waals surface area contributed by atoms with Gasteiger partial charge in [-0.05, 0) is 37.6 Å². The summed E-state index contributed by atoms with van der Waals surface area (Å²) in [6, 6.07) is 8.08. The number of unbranched alkanes of at least 4 members (excludes halogenated alkanes) is 2. The molecule has 1 unspecified atom stereocenters. The van der Waals surface area contributed by atoms with E-state index in [0.717, 1.165) is 24.4 Å². The molecular formula is C16H27NO2. The number of hydrogen-bond acceptors (Lipinski definition) is 3. The van der Waals surface area contributed by atoms with E-state index in [-0.39, 0.29) is 6.10 Å². The van der Waals surface area contributed by atoms with Gasteiger partial charge in [-0.25, -0.2) is 0 Å². The third-order valence-electron chi connectivity index (χ3n) is 2.94. The highest BCUT2D eigenvalue weighted by Crippen LogP contribution is 2.15. The molecule has 19 heavy (non-hydrogen) atoms. The van der Waals surface area contributed by atoms with Crippen LogP contribution in [0, 0.1) is 0 Å². The second-order valence-corrected chi connectivity index (χ2v) is 4.92. The van der Waals surface area contributed by atoms with Crippen molar-refractivity contribution in [3.8, 4) is 5.75 Å². The van der Waals surface area contributed by atoms with Gasteiger partial charge >= 0.3 is 0 Å². The summed E-state index contributed by atoms with van der Waals surface area (Å²) in [5.74, 6) is 0.914. The van der Waals surface area contributed by atoms with Crippen molar-refractivity contribution in [2.24, 2.45) is 0 Å². The molecule has 0 aromatic heterocycles. The molecule has 0 aliphatic rings. The van der Waals surface area contributed by atoms with Crippen LogP contribution >= 0.6 is 0 Å². The van der Waals surface area contributed by atoms with Gasteiger partial charge in [0.15, 0.2) is 0 Å². The maximum atomic E-state index is 5.89. The Morgan fingerprint density at radius 3 is 2.84 bits per heavy atom. The van der Waals surface area contributed by atoms with Gasteiger partial charge in [0, 0.05) is 13.7 Å². The molecule has 1 aromatic carbocycles. The number of hydrogen-bond donors (Lipinski definition) is 1. The van der Waals surface area contributed by atoms with Gasteiger partial charge in [0.2, 0.25) is 0 Å². The molecule has 0 bridgehead atoms. The third kappa shape index (κ3) is 7.19. The molecule has 1 atom stereocenters.